The molecule has 1 aromatic rings. The molecule has 1 unspecified atom stereocenters. The molecule has 0 aromatic heterocycles. The summed E-state index contributed by atoms with van der Waals surface area (Å²) in [5.41, 5.74) is 2.46. The van der Waals surface area contributed by atoms with Crippen LogP contribution in [-0.2, 0) is 9.84 Å². The van der Waals surface area contributed by atoms with E-state index in [1.807, 2.05) is 0 Å². The van der Waals surface area contributed by atoms with E-state index in [1.165, 1.54) is 0 Å². The first-order valence-corrected chi connectivity index (χ1v) is 7.59. The topological polar surface area (TPSA) is 72.2 Å². The maximum Gasteiger partial charge on any atom is 0.194 e. The van der Waals surface area contributed by atoms with E-state index in [0.29, 0.717) is 0 Å². The molecule has 1 aromatic carbocycles. The van der Waals surface area contributed by atoms with Crippen LogP contribution >= 0.6 is 0 Å². The standard InChI is InChI=1S/C11H15F3N2O2S/c1-19(17,18)4-2-3-10(16-15)7-5-8(12)11(14)9(13)6-7/h5-6,10,16H,2-4,15H2,1H3. The van der Waals surface area contributed by atoms with Gasteiger partial charge >= 0.3 is 0 Å². The first-order chi connectivity index (χ1) is 8.74. The van der Waals surface area contributed by atoms with Gasteiger partial charge in [-0.05, 0) is 30.5 Å². The van der Waals surface area contributed by atoms with Crippen molar-refractivity contribution in [1.82, 2.24) is 5.43 Å². The Balaban J connectivity index is 2.80. The molecular weight excluding hydrogens is 281 g/mol. The normalized spacial score (nSPS) is 13.5. The molecule has 0 saturated heterocycles. The monoisotopic (exact) mass is 296 g/mol. The Morgan fingerprint density at radius 3 is 2.21 bits per heavy atom. The summed E-state index contributed by atoms with van der Waals surface area (Å²) in [5.74, 6) is 1.04. The van der Waals surface area contributed by atoms with Gasteiger partial charge in [0.05, 0.1) is 0 Å². The molecule has 0 amide bonds. The Hall–Kier alpha value is -1.12. The maximum absolute atomic E-state index is 13.1. The van der Waals surface area contributed by atoms with E-state index in [1.54, 1.807) is 0 Å². The predicted molar refractivity (Wildman–Crippen MR) is 65.3 cm³/mol. The van der Waals surface area contributed by atoms with Gasteiger partial charge in [-0.1, -0.05) is 0 Å². The molecule has 4 nitrogen and oxygen atoms in total. The average Bonchev–Trinajstić information content (AvgIpc) is 2.29. The van der Waals surface area contributed by atoms with Crippen molar-refractivity contribution >= 4 is 9.84 Å². The van der Waals surface area contributed by atoms with Crippen molar-refractivity contribution in [2.24, 2.45) is 5.84 Å². The summed E-state index contributed by atoms with van der Waals surface area (Å²) in [7, 11) is -3.11. The molecule has 0 saturated carbocycles. The van der Waals surface area contributed by atoms with Crippen LogP contribution in [0.5, 0.6) is 0 Å². The van der Waals surface area contributed by atoms with Gasteiger partial charge in [-0.25, -0.2) is 21.6 Å². The summed E-state index contributed by atoms with van der Waals surface area (Å²) >= 11 is 0. The van der Waals surface area contributed by atoms with E-state index in [2.05, 4.69) is 5.43 Å². The van der Waals surface area contributed by atoms with Crippen LogP contribution in [0.15, 0.2) is 12.1 Å². The molecule has 3 N–H and O–H groups in total. The third-order valence-electron chi connectivity index (χ3n) is 2.62. The van der Waals surface area contributed by atoms with Gasteiger partial charge in [-0.2, -0.15) is 0 Å². The van der Waals surface area contributed by atoms with Crippen LogP contribution < -0.4 is 11.3 Å². The van der Waals surface area contributed by atoms with Crippen molar-refractivity contribution in [3.63, 3.8) is 0 Å². The zero-order chi connectivity index (χ0) is 14.6. The van der Waals surface area contributed by atoms with Crippen molar-refractivity contribution in [2.45, 2.75) is 18.9 Å². The highest BCUT2D eigenvalue weighted by atomic mass is 32.2. The van der Waals surface area contributed by atoms with Gasteiger partial charge in [0.25, 0.3) is 0 Å². The molecule has 0 radical (unpaired) electrons. The summed E-state index contributed by atoms with van der Waals surface area (Å²) in [6.07, 6.45) is 1.62. The van der Waals surface area contributed by atoms with Crippen molar-refractivity contribution in [1.29, 1.82) is 0 Å². The lowest BCUT2D eigenvalue weighted by Crippen LogP contribution is -2.28. The number of nitrogens with two attached hydrogens (primary N) is 1. The molecule has 108 valence electrons. The third-order valence-corrected chi connectivity index (χ3v) is 3.65. The largest absolute Gasteiger partial charge is 0.271 e. The van der Waals surface area contributed by atoms with Gasteiger partial charge in [0.15, 0.2) is 17.5 Å². The minimum atomic E-state index is -3.11. The minimum absolute atomic E-state index is 0.0582. The molecule has 0 aliphatic carbocycles. The SMILES string of the molecule is CS(=O)(=O)CCCC(NN)c1cc(F)c(F)c(F)c1. The maximum atomic E-state index is 13.1. The number of rotatable bonds is 6. The van der Waals surface area contributed by atoms with Crippen LogP contribution in [0.4, 0.5) is 13.2 Å². The summed E-state index contributed by atoms with van der Waals surface area (Å²) in [4.78, 5) is 0. The van der Waals surface area contributed by atoms with Crippen LogP contribution in [0.3, 0.4) is 0 Å². The summed E-state index contributed by atoms with van der Waals surface area (Å²) in [6.45, 7) is 0. The molecule has 19 heavy (non-hydrogen) atoms. The van der Waals surface area contributed by atoms with E-state index in [0.717, 1.165) is 18.4 Å². The molecule has 0 aliphatic heterocycles. The Morgan fingerprint density at radius 1 is 1.26 bits per heavy atom. The van der Waals surface area contributed by atoms with E-state index in [-0.39, 0.29) is 24.2 Å². The Kier molecular flexibility index (Phi) is 5.33. The number of benzene rings is 1. The average molecular weight is 296 g/mol. The summed E-state index contributed by atoms with van der Waals surface area (Å²) in [6, 6.07) is 1.03. The van der Waals surface area contributed by atoms with Gasteiger partial charge in [0.1, 0.15) is 9.84 Å². The number of hydrazine groups is 1. The predicted octanol–water partition coefficient (Wildman–Crippen LogP) is 1.43. The zero-order valence-electron chi connectivity index (χ0n) is 10.3. The molecule has 1 rings (SSSR count). The van der Waals surface area contributed by atoms with Crippen molar-refractivity contribution < 1.29 is 21.6 Å². The fourth-order valence-electron chi connectivity index (χ4n) is 1.67. The third kappa shape index (κ3) is 4.81. The fourth-order valence-corrected chi connectivity index (χ4v) is 2.36. The van der Waals surface area contributed by atoms with Gasteiger partial charge in [-0.15, -0.1) is 0 Å². The molecule has 0 aliphatic rings. The van der Waals surface area contributed by atoms with Gasteiger partial charge in [0, 0.05) is 18.1 Å². The van der Waals surface area contributed by atoms with Gasteiger partial charge in [-0.3, -0.25) is 11.3 Å². The van der Waals surface area contributed by atoms with Gasteiger partial charge in [0.2, 0.25) is 0 Å². The molecule has 0 heterocycles. The van der Waals surface area contributed by atoms with Crippen LogP contribution in [0.1, 0.15) is 24.4 Å². The number of sulfone groups is 1. The second-order valence-corrected chi connectivity index (χ2v) is 6.55. The lowest BCUT2D eigenvalue weighted by atomic mass is 10.0. The first-order valence-electron chi connectivity index (χ1n) is 5.53. The minimum Gasteiger partial charge on any atom is -0.271 e. The van der Waals surface area contributed by atoms with E-state index >= 15 is 0 Å². The second kappa shape index (κ2) is 6.36. The Bertz CT molecular complexity index is 526. The number of halogens is 3. The smallest absolute Gasteiger partial charge is 0.194 e. The highest BCUT2D eigenvalue weighted by Crippen LogP contribution is 2.22. The van der Waals surface area contributed by atoms with E-state index in [4.69, 9.17) is 5.84 Å². The lowest BCUT2D eigenvalue weighted by Gasteiger charge is -2.16. The molecule has 1 atom stereocenters. The first kappa shape index (κ1) is 15.9. The lowest BCUT2D eigenvalue weighted by molar-refractivity contribution is 0.436. The molecular formula is C11H15F3N2O2S. The van der Waals surface area contributed by atoms with E-state index < -0.39 is 33.3 Å². The van der Waals surface area contributed by atoms with Crippen molar-refractivity contribution in [3.05, 3.63) is 35.1 Å². The van der Waals surface area contributed by atoms with Crippen molar-refractivity contribution in [3.8, 4) is 0 Å². The van der Waals surface area contributed by atoms with Gasteiger partial charge < -0.3 is 0 Å². The summed E-state index contributed by atoms with van der Waals surface area (Å²) < 4.78 is 60.9. The number of nitrogens with one attached hydrogen (secondary N) is 1. The molecule has 0 fully saturated rings. The van der Waals surface area contributed by atoms with Crippen LogP contribution in [0.25, 0.3) is 0 Å². The van der Waals surface area contributed by atoms with Crippen molar-refractivity contribution in [2.75, 3.05) is 12.0 Å². The Morgan fingerprint density at radius 2 is 1.79 bits per heavy atom. The van der Waals surface area contributed by atoms with E-state index in [9.17, 15) is 21.6 Å². The number of hydrogen-bond donors (Lipinski definition) is 2. The highest BCUT2D eigenvalue weighted by molar-refractivity contribution is 7.90. The quantitative estimate of drug-likeness (QED) is 0.473. The molecule has 8 heteroatoms. The fraction of sp³-hybridized carbons (Fsp3) is 0.455. The summed E-state index contributed by atoms with van der Waals surface area (Å²) in [5, 5.41) is 0. The van der Waals surface area contributed by atoms with Crippen LogP contribution in [0, 0.1) is 17.5 Å². The van der Waals surface area contributed by atoms with Crippen LogP contribution in [-0.4, -0.2) is 20.4 Å². The zero-order valence-corrected chi connectivity index (χ0v) is 11.1. The van der Waals surface area contributed by atoms with Crippen LogP contribution in [0.2, 0.25) is 0 Å². The highest BCUT2D eigenvalue weighted by Gasteiger charge is 2.17. The molecule has 0 spiro atoms. The molecule has 0 bridgehead atoms. The number of hydrogen-bond acceptors (Lipinski definition) is 4. The Labute approximate surface area is 109 Å². The second-order valence-electron chi connectivity index (χ2n) is 4.29.